The van der Waals surface area contributed by atoms with Crippen molar-refractivity contribution in [1.29, 1.82) is 0 Å². The fraction of sp³-hybridized carbons (Fsp3) is 0.273. The van der Waals surface area contributed by atoms with Crippen LogP contribution in [0.25, 0.3) is 6.08 Å². The Hall–Kier alpha value is -3.16. The van der Waals surface area contributed by atoms with E-state index in [1.165, 1.54) is 5.56 Å². The summed E-state index contributed by atoms with van der Waals surface area (Å²) < 4.78 is 0. The number of rotatable bonds is 5. The Bertz CT molecular complexity index is 803. The molecule has 0 radical (unpaired) electrons. The van der Waals surface area contributed by atoms with Gasteiger partial charge < -0.3 is 15.3 Å². The Kier molecular flexibility index (Phi) is 8.88. The van der Waals surface area contributed by atoms with Crippen molar-refractivity contribution in [3.05, 3.63) is 71.8 Å². The predicted octanol–water partition coefficient (Wildman–Crippen LogP) is 2.38. The molecule has 154 valence electrons. The lowest BCUT2D eigenvalue weighted by Crippen LogP contribution is -2.45. The number of benzene rings is 2. The lowest BCUT2D eigenvalue weighted by atomic mass is 10.1. The summed E-state index contributed by atoms with van der Waals surface area (Å²) in [7, 11) is 0. The van der Waals surface area contributed by atoms with Crippen molar-refractivity contribution < 1.29 is 24.9 Å². The first-order chi connectivity index (χ1) is 14.0. The number of hydrogen-bond donors (Lipinski definition) is 3. The van der Waals surface area contributed by atoms with E-state index < -0.39 is 11.9 Å². The number of para-hydroxylation sites is 1. The summed E-state index contributed by atoms with van der Waals surface area (Å²) in [5.74, 6) is -3.24. The fourth-order valence-electron chi connectivity index (χ4n) is 2.92. The predicted molar refractivity (Wildman–Crippen MR) is 111 cm³/mol. The maximum absolute atomic E-state index is 9.87. The van der Waals surface area contributed by atoms with E-state index in [0.29, 0.717) is 5.75 Å². The van der Waals surface area contributed by atoms with Crippen LogP contribution < -0.4 is 0 Å². The number of phenolic OH excluding ortho intramolecular Hbond substituents is 1. The van der Waals surface area contributed by atoms with Gasteiger partial charge in [-0.25, -0.2) is 9.59 Å². The molecule has 1 aliphatic heterocycles. The first-order valence-corrected chi connectivity index (χ1v) is 9.35. The second-order valence-corrected chi connectivity index (χ2v) is 6.63. The normalized spacial score (nSPS) is 14.9. The lowest BCUT2D eigenvalue weighted by Gasteiger charge is -2.34. The molecule has 0 saturated carbocycles. The number of phenols is 1. The number of aromatic hydroxyl groups is 1. The van der Waals surface area contributed by atoms with Crippen LogP contribution in [0.1, 0.15) is 11.1 Å². The Morgan fingerprint density at radius 1 is 0.828 bits per heavy atom. The van der Waals surface area contributed by atoms with Gasteiger partial charge >= 0.3 is 11.9 Å². The summed E-state index contributed by atoms with van der Waals surface area (Å²) >= 11 is 0. The summed E-state index contributed by atoms with van der Waals surface area (Å²) in [4.78, 5) is 23.1. The average Bonchev–Trinajstić information content (AvgIpc) is 2.72. The highest BCUT2D eigenvalue weighted by Crippen LogP contribution is 2.18. The minimum atomic E-state index is -1.82. The van der Waals surface area contributed by atoms with Crippen LogP contribution in [-0.4, -0.2) is 69.8 Å². The first-order valence-electron chi connectivity index (χ1n) is 9.35. The molecule has 1 heterocycles. The molecule has 2 aromatic carbocycles. The maximum atomic E-state index is 9.87. The van der Waals surface area contributed by atoms with Gasteiger partial charge in [0.25, 0.3) is 0 Å². The zero-order chi connectivity index (χ0) is 21.1. The molecule has 1 saturated heterocycles. The largest absolute Gasteiger partial charge is 0.508 e. The van der Waals surface area contributed by atoms with Gasteiger partial charge in [-0.15, -0.1) is 0 Å². The van der Waals surface area contributed by atoms with E-state index in [9.17, 15) is 5.11 Å². The molecule has 0 bridgehead atoms. The molecule has 0 aliphatic carbocycles. The SMILES string of the molecule is O=C(O)C(=O)O.Oc1ccccc1CN1CCN(C/C=C/c2ccccc2)CC1. The Labute approximate surface area is 170 Å². The van der Waals surface area contributed by atoms with E-state index in [1.807, 2.05) is 24.3 Å². The number of carboxylic acid groups (broad SMARTS) is 2. The molecule has 2 aromatic rings. The number of hydrogen-bond acceptors (Lipinski definition) is 5. The molecule has 3 N–H and O–H groups in total. The van der Waals surface area contributed by atoms with Crippen LogP contribution in [0.5, 0.6) is 5.75 Å². The lowest BCUT2D eigenvalue weighted by molar-refractivity contribution is -0.159. The van der Waals surface area contributed by atoms with Crippen molar-refractivity contribution in [2.24, 2.45) is 0 Å². The molecule has 3 rings (SSSR count). The highest BCUT2D eigenvalue weighted by atomic mass is 16.4. The summed E-state index contributed by atoms with van der Waals surface area (Å²) in [6, 6.07) is 18.1. The van der Waals surface area contributed by atoms with Crippen molar-refractivity contribution >= 4 is 18.0 Å². The minimum absolute atomic E-state index is 0.403. The standard InChI is InChI=1S/C20H24N2O.C2H2O4/c23-20-11-5-4-10-19(20)17-22-15-13-21(14-16-22)12-6-9-18-7-2-1-3-8-18;3-1(4)2(5)6/h1-11,23H,12-17H2;(H,3,4)(H,5,6)/b9-6+;. The second-order valence-electron chi connectivity index (χ2n) is 6.63. The summed E-state index contributed by atoms with van der Waals surface area (Å²) in [5.41, 5.74) is 2.27. The number of aliphatic carboxylic acids is 2. The van der Waals surface area contributed by atoms with E-state index in [1.54, 1.807) is 6.07 Å². The van der Waals surface area contributed by atoms with Gasteiger partial charge in [0.05, 0.1) is 0 Å². The van der Waals surface area contributed by atoms with Gasteiger partial charge in [-0.05, 0) is 11.6 Å². The number of piperazine rings is 1. The van der Waals surface area contributed by atoms with Crippen LogP contribution in [0.15, 0.2) is 60.7 Å². The zero-order valence-corrected chi connectivity index (χ0v) is 16.1. The van der Waals surface area contributed by atoms with Crippen LogP contribution >= 0.6 is 0 Å². The van der Waals surface area contributed by atoms with Crippen LogP contribution in [0, 0.1) is 0 Å². The van der Waals surface area contributed by atoms with Crippen molar-refractivity contribution in [2.45, 2.75) is 6.54 Å². The van der Waals surface area contributed by atoms with E-state index >= 15 is 0 Å². The molecule has 0 amide bonds. The average molecular weight is 398 g/mol. The quantitative estimate of drug-likeness (QED) is 0.665. The van der Waals surface area contributed by atoms with Gasteiger partial charge in [-0.2, -0.15) is 0 Å². The number of carbonyl (C=O) groups is 2. The monoisotopic (exact) mass is 398 g/mol. The minimum Gasteiger partial charge on any atom is -0.508 e. The second kappa shape index (κ2) is 11.6. The smallest absolute Gasteiger partial charge is 0.414 e. The van der Waals surface area contributed by atoms with E-state index in [2.05, 4.69) is 46.2 Å². The van der Waals surface area contributed by atoms with E-state index in [4.69, 9.17) is 19.8 Å². The molecule has 1 fully saturated rings. The highest BCUT2D eigenvalue weighted by Gasteiger charge is 2.16. The molecule has 1 aliphatic rings. The molecule has 0 atom stereocenters. The third kappa shape index (κ3) is 8.16. The Balaban J connectivity index is 0.000000438. The van der Waals surface area contributed by atoms with Gasteiger partial charge in [-0.3, -0.25) is 9.80 Å². The summed E-state index contributed by atoms with van der Waals surface area (Å²) in [6.07, 6.45) is 4.43. The molecule has 7 nitrogen and oxygen atoms in total. The van der Waals surface area contributed by atoms with Gasteiger partial charge in [0, 0.05) is 44.8 Å². The maximum Gasteiger partial charge on any atom is 0.414 e. The van der Waals surface area contributed by atoms with Crippen LogP contribution in [0.3, 0.4) is 0 Å². The number of nitrogens with zero attached hydrogens (tertiary/aromatic N) is 2. The molecule has 7 heteroatoms. The Morgan fingerprint density at radius 2 is 1.38 bits per heavy atom. The molecular formula is C22H26N2O5. The van der Waals surface area contributed by atoms with E-state index in [0.717, 1.165) is 44.8 Å². The number of carboxylic acids is 2. The molecule has 0 unspecified atom stereocenters. The molecular weight excluding hydrogens is 372 g/mol. The third-order valence-electron chi connectivity index (χ3n) is 4.51. The van der Waals surface area contributed by atoms with Crippen LogP contribution in [-0.2, 0) is 16.1 Å². The fourth-order valence-corrected chi connectivity index (χ4v) is 2.92. The molecule has 0 spiro atoms. The van der Waals surface area contributed by atoms with Crippen molar-refractivity contribution in [1.82, 2.24) is 9.80 Å². The van der Waals surface area contributed by atoms with E-state index in [-0.39, 0.29) is 0 Å². The van der Waals surface area contributed by atoms with Gasteiger partial charge in [0.2, 0.25) is 0 Å². The first kappa shape index (κ1) is 22.1. The topological polar surface area (TPSA) is 101 Å². The van der Waals surface area contributed by atoms with Gasteiger partial charge in [0.1, 0.15) is 5.75 Å². The zero-order valence-electron chi connectivity index (χ0n) is 16.1. The molecule has 29 heavy (non-hydrogen) atoms. The van der Waals surface area contributed by atoms with Crippen molar-refractivity contribution in [2.75, 3.05) is 32.7 Å². The van der Waals surface area contributed by atoms with Gasteiger partial charge in [0.15, 0.2) is 0 Å². The van der Waals surface area contributed by atoms with Crippen LogP contribution in [0.4, 0.5) is 0 Å². The molecule has 0 aromatic heterocycles. The Morgan fingerprint density at radius 3 is 1.97 bits per heavy atom. The van der Waals surface area contributed by atoms with Crippen molar-refractivity contribution in [3.8, 4) is 5.75 Å². The highest BCUT2D eigenvalue weighted by molar-refractivity contribution is 6.27. The van der Waals surface area contributed by atoms with Gasteiger partial charge in [-0.1, -0.05) is 60.7 Å². The van der Waals surface area contributed by atoms with Crippen molar-refractivity contribution in [3.63, 3.8) is 0 Å². The summed E-state index contributed by atoms with van der Waals surface area (Å²) in [5, 5.41) is 24.7. The third-order valence-corrected chi connectivity index (χ3v) is 4.51. The summed E-state index contributed by atoms with van der Waals surface area (Å²) in [6.45, 7) is 6.08. The van der Waals surface area contributed by atoms with Crippen LogP contribution in [0.2, 0.25) is 0 Å².